The highest BCUT2D eigenvalue weighted by atomic mass is 35.5. The van der Waals surface area contributed by atoms with E-state index in [1.165, 1.54) is 14.0 Å². The van der Waals surface area contributed by atoms with Gasteiger partial charge in [0.2, 0.25) is 0 Å². The van der Waals surface area contributed by atoms with Gasteiger partial charge in [-0.2, -0.15) is 0 Å². The van der Waals surface area contributed by atoms with Crippen LogP contribution in [0.5, 0.6) is 11.5 Å². The van der Waals surface area contributed by atoms with Crippen molar-refractivity contribution in [3.05, 3.63) is 22.7 Å². The van der Waals surface area contributed by atoms with Gasteiger partial charge in [0, 0.05) is 6.54 Å². The van der Waals surface area contributed by atoms with Crippen molar-refractivity contribution in [3.8, 4) is 11.5 Å². The maximum atomic E-state index is 11.6. The van der Waals surface area contributed by atoms with Crippen LogP contribution in [0.15, 0.2) is 12.1 Å². The lowest BCUT2D eigenvalue weighted by Gasteiger charge is -2.17. The van der Waals surface area contributed by atoms with Crippen molar-refractivity contribution in [1.82, 2.24) is 5.32 Å². The first-order valence-corrected chi connectivity index (χ1v) is 6.10. The smallest absolute Gasteiger partial charge is 0.318 e. The van der Waals surface area contributed by atoms with Crippen LogP contribution in [-0.4, -0.2) is 25.2 Å². The Balaban J connectivity index is 2.96. The molecule has 7 nitrogen and oxygen atoms in total. The van der Waals surface area contributed by atoms with E-state index in [2.05, 4.69) is 0 Å². The number of primary amides is 1. The number of urea groups is 1. The van der Waals surface area contributed by atoms with E-state index < -0.39 is 18.0 Å². The Bertz CT molecular complexity index is 522. The van der Waals surface area contributed by atoms with Gasteiger partial charge in [-0.3, -0.25) is 10.1 Å². The largest absolute Gasteiger partial charge is 0.493 e. The van der Waals surface area contributed by atoms with Crippen molar-refractivity contribution < 1.29 is 19.1 Å². The molecule has 8 heteroatoms. The zero-order chi connectivity index (χ0) is 15.3. The fourth-order valence-corrected chi connectivity index (χ4v) is 1.74. The highest BCUT2D eigenvalue weighted by molar-refractivity contribution is 6.32. The summed E-state index contributed by atoms with van der Waals surface area (Å²) in [6.45, 7) is 1.74. The van der Waals surface area contributed by atoms with Crippen molar-refractivity contribution in [2.24, 2.45) is 11.5 Å². The second-order valence-electron chi connectivity index (χ2n) is 3.93. The monoisotopic (exact) mass is 301 g/mol. The van der Waals surface area contributed by atoms with Gasteiger partial charge in [0.1, 0.15) is 0 Å². The van der Waals surface area contributed by atoms with Crippen LogP contribution >= 0.6 is 11.6 Å². The summed E-state index contributed by atoms with van der Waals surface area (Å²) >= 11 is 6.06. The molecule has 20 heavy (non-hydrogen) atoms. The summed E-state index contributed by atoms with van der Waals surface area (Å²) in [5, 5.41) is 2.17. The van der Waals surface area contributed by atoms with E-state index in [9.17, 15) is 9.59 Å². The average molecular weight is 302 g/mol. The van der Waals surface area contributed by atoms with Crippen LogP contribution in [0.2, 0.25) is 5.02 Å². The van der Waals surface area contributed by atoms with Gasteiger partial charge in [-0.1, -0.05) is 11.6 Å². The Morgan fingerprint density at radius 3 is 2.60 bits per heavy atom. The van der Waals surface area contributed by atoms with Crippen LogP contribution in [0.25, 0.3) is 0 Å². The number of halogens is 1. The Kier molecular flexibility index (Phi) is 5.60. The third-order valence-electron chi connectivity index (χ3n) is 2.44. The first-order chi connectivity index (χ1) is 9.38. The molecule has 3 amide bonds. The molecule has 1 rings (SSSR count). The van der Waals surface area contributed by atoms with Crippen molar-refractivity contribution in [3.63, 3.8) is 0 Å². The fraction of sp³-hybridized carbons (Fsp3) is 0.333. The summed E-state index contributed by atoms with van der Waals surface area (Å²) in [4.78, 5) is 22.2. The molecule has 5 N–H and O–H groups in total. The standard InChI is InChI=1S/C12H16ClN3O4/c1-6(11(17)16-12(15)18)20-10-8(13)3-7(5-14)4-9(10)19-2/h3-4,6H,5,14H2,1-2H3,(H3,15,16,17,18). The molecule has 0 spiro atoms. The molecule has 0 aromatic heterocycles. The first kappa shape index (κ1) is 16.1. The Hall–Kier alpha value is -1.99. The van der Waals surface area contributed by atoms with E-state index >= 15 is 0 Å². The molecule has 0 fully saturated rings. The number of hydrogen-bond acceptors (Lipinski definition) is 5. The van der Waals surface area contributed by atoms with E-state index in [1.807, 2.05) is 5.32 Å². The fourth-order valence-electron chi connectivity index (χ4n) is 1.46. The summed E-state index contributed by atoms with van der Waals surface area (Å²) in [7, 11) is 1.44. The minimum atomic E-state index is -0.974. The van der Waals surface area contributed by atoms with E-state index in [-0.39, 0.29) is 17.3 Å². The Labute approximate surface area is 121 Å². The maximum Gasteiger partial charge on any atom is 0.318 e. The lowest BCUT2D eigenvalue weighted by atomic mass is 10.2. The summed E-state index contributed by atoms with van der Waals surface area (Å²) in [6.07, 6.45) is -0.974. The molecule has 0 saturated heterocycles. The second-order valence-corrected chi connectivity index (χ2v) is 4.33. The second kappa shape index (κ2) is 6.97. The summed E-state index contributed by atoms with van der Waals surface area (Å²) in [6, 6.07) is 2.31. The van der Waals surface area contributed by atoms with Crippen LogP contribution < -0.4 is 26.3 Å². The summed E-state index contributed by atoms with van der Waals surface area (Å²) in [5.41, 5.74) is 11.1. The number of rotatable bonds is 5. The number of imide groups is 1. The van der Waals surface area contributed by atoms with Crippen LogP contribution in [0.4, 0.5) is 4.79 Å². The van der Waals surface area contributed by atoms with Gasteiger partial charge >= 0.3 is 6.03 Å². The predicted octanol–water partition coefficient (Wildman–Crippen LogP) is 0.770. The number of methoxy groups -OCH3 is 1. The molecule has 1 aromatic carbocycles. The van der Waals surface area contributed by atoms with Crippen molar-refractivity contribution in [2.45, 2.75) is 19.6 Å². The maximum absolute atomic E-state index is 11.6. The van der Waals surface area contributed by atoms with Gasteiger partial charge in [0.05, 0.1) is 12.1 Å². The zero-order valence-electron chi connectivity index (χ0n) is 11.1. The number of carbonyl (C=O) groups is 2. The molecule has 0 heterocycles. The number of benzene rings is 1. The molecule has 1 atom stereocenters. The lowest BCUT2D eigenvalue weighted by Crippen LogP contribution is -2.42. The van der Waals surface area contributed by atoms with E-state index in [0.717, 1.165) is 5.56 Å². The molecular weight excluding hydrogens is 286 g/mol. The molecule has 1 aromatic rings. The van der Waals surface area contributed by atoms with Gasteiger partial charge < -0.3 is 20.9 Å². The first-order valence-electron chi connectivity index (χ1n) is 5.72. The highest BCUT2D eigenvalue weighted by Gasteiger charge is 2.20. The van der Waals surface area contributed by atoms with Crippen LogP contribution in [0, 0.1) is 0 Å². The van der Waals surface area contributed by atoms with E-state index in [1.54, 1.807) is 12.1 Å². The lowest BCUT2D eigenvalue weighted by molar-refractivity contribution is -0.126. The summed E-state index contributed by atoms with van der Waals surface area (Å²) < 4.78 is 10.6. The third-order valence-corrected chi connectivity index (χ3v) is 2.72. The number of carbonyl (C=O) groups excluding carboxylic acids is 2. The van der Waals surface area contributed by atoms with Gasteiger partial charge in [-0.25, -0.2) is 4.79 Å². The zero-order valence-corrected chi connectivity index (χ0v) is 11.9. The summed E-state index contributed by atoms with van der Waals surface area (Å²) in [5.74, 6) is -0.145. The van der Waals surface area contributed by atoms with Crippen LogP contribution in [-0.2, 0) is 11.3 Å². The number of hydrogen-bond donors (Lipinski definition) is 3. The SMILES string of the molecule is COc1cc(CN)cc(Cl)c1OC(C)C(=O)NC(N)=O. The Morgan fingerprint density at radius 1 is 1.45 bits per heavy atom. The van der Waals surface area contributed by atoms with Crippen molar-refractivity contribution in [2.75, 3.05) is 7.11 Å². The van der Waals surface area contributed by atoms with Crippen LogP contribution in [0.1, 0.15) is 12.5 Å². The van der Waals surface area contributed by atoms with Crippen molar-refractivity contribution in [1.29, 1.82) is 0 Å². The minimum absolute atomic E-state index is 0.193. The van der Waals surface area contributed by atoms with E-state index in [0.29, 0.717) is 5.75 Å². The molecule has 110 valence electrons. The molecule has 0 radical (unpaired) electrons. The number of amides is 3. The minimum Gasteiger partial charge on any atom is -0.493 e. The predicted molar refractivity (Wildman–Crippen MR) is 73.7 cm³/mol. The third kappa shape index (κ3) is 4.01. The number of nitrogens with two attached hydrogens (primary N) is 2. The normalized spacial score (nSPS) is 11.6. The van der Waals surface area contributed by atoms with E-state index in [4.69, 9.17) is 32.5 Å². The van der Waals surface area contributed by atoms with Gasteiger partial charge in [0.25, 0.3) is 5.91 Å². The van der Waals surface area contributed by atoms with Gasteiger partial charge in [-0.05, 0) is 24.6 Å². The van der Waals surface area contributed by atoms with Crippen LogP contribution in [0.3, 0.4) is 0 Å². The molecule has 0 aliphatic carbocycles. The topological polar surface area (TPSA) is 117 Å². The van der Waals surface area contributed by atoms with Crippen molar-refractivity contribution >= 4 is 23.5 Å². The molecule has 1 unspecified atom stereocenters. The molecule has 0 aliphatic heterocycles. The highest BCUT2D eigenvalue weighted by Crippen LogP contribution is 2.37. The number of nitrogens with one attached hydrogen (secondary N) is 1. The van der Waals surface area contributed by atoms with Gasteiger partial charge in [0.15, 0.2) is 17.6 Å². The molecular formula is C12H16ClN3O4. The number of ether oxygens (including phenoxy) is 2. The quantitative estimate of drug-likeness (QED) is 0.742. The molecule has 0 aliphatic rings. The average Bonchev–Trinajstić information content (AvgIpc) is 2.39. The molecule has 0 bridgehead atoms. The van der Waals surface area contributed by atoms with Gasteiger partial charge in [-0.15, -0.1) is 0 Å². The molecule has 0 saturated carbocycles. The Morgan fingerprint density at radius 2 is 2.10 bits per heavy atom.